The smallest absolute Gasteiger partial charge is 0.243 e. The van der Waals surface area contributed by atoms with Crippen molar-refractivity contribution in [3.05, 3.63) is 53.2 Å². The number of sulfone groups is 1. The van der Waals surface area contributed by atoms with Gasteiger partial charge in [-0.25, -0.2) is 13.4 Å². The van der Waals surface area contributed by atoms with E-state index in [9.17, 15) is 21.6 Å². The SMILES string of the molecule is O=S(=O)(c1ccccc1)c1ncc(CC(F)(F)F)cc1Cl. The van der Waals surface area contributed by atoms with Crippen LogP contribution in [0.5, 0.6) is 0 Å². The van der Waals surface area contributed by atoms with Crippen LogP contribution in [0.4, 0.5) is 13.2 Å². The van der Waals surface area contributed by atoms with Crippen LogP contribution in [0, 0.1) is 0 Å². The summed E-state index contributed by atoms with van der Waals surface area (Å²) in [6.45, 7) is 0. The Bertz CT molecular complexity index is 746. The highest BCUT2D eigenvalue weighted by Crippen LogP contribution is 2.28. The van der Waals surface area contributed by atoms with Crippen molar-refractivity contribution in [2.45, 2.75) is 22.5 Å². The number of pyridine rings is 1. The number of benzene rings is 1. The molecule has 0 N–H and O–H groups in total. The molecule has 0 saturated heterocycles. The molecular formula is C13H9ClF3NO2S. The van der Waals surface area contributed by atoms with Crippen molar-refractivity contribution < 1.29 is 21.6 Å². The van der Waals surface area contributed by atoms with Gasteiger partial charge >= 0.3 is 6.18 Å². The molecule has 0 saturated carbocycles. The summed E-state index contributed by atoms with van der Waals surface area (Å²) in [5.41, 5.74) is -0.195. The molecular weight excluding hydrogens is 327 g/mol. The molecule has 0 aliphatic rings. The highest BCUT2D eigenvalue weighted by molar-refractivity contribution is 7.91. The lowest BCUT2D eigenvalue weighted by atomic mass is 10.2. The second-order valence-electron chi connectivity index (χ2n) is 4.24. The van der Waals surface area contributed by atoms with Crippen molar-refractivity contribution in [3.63, 3.8) is 0 Å². The van der Waals surface area contributed by atoms with E-state index >= 15 is 0 Å². The minimum Gasteiger partial charge on any atom is -0.243 e. The van der Waals surface area contributed by atoms with Crippen LogP contribution in [-0.2, 0) is 16.3 Å². The average molecular weight is 336 g/mol. The van der Waals surface area contributed by atoms with E-state index in [1.165, 1.54) is 24.3 Å². The molecule has 112 valence electrons. The average Bonchev–Trinajstić information content (AvgIpc) is 2.37. The van der Waals surface area contributed by atoms with Crippen molar-refractivity contribution in [2.24, 2.45) is 0 Å². The zero-order valence-electron chi connectivity index (χ0n) is 10.4. The van der Waals surface area contributed by atoms with Gasteiger partial charge in [0.2, 0.25) is 9.84 Å². The quantitative estimate of drug-likeness (QED) is 0.859. The number of hydrogen-bond donors (Lipinski definition) is 0. The van der Waals surface area contributed by atoms with E-state index in [0.717, 1.165) is 12.3 Å². The van der Waals surface area contributed by atoms with Crippen LogP contribution in [0.25, 0.3) is 0 Å². The fraction of sp³-hybridized carbons (Fsp3) is 0.154. The van der Waals surface area contributed by atoms with Crippen molar-refractivity contribution in [1.82, 2.24) is 4.98 Å². The fourth-order valence-corrected chi connectivity index (χ4v) is 3.44. The van der Waals surface area contributed by atoms with Gasteiger partial charge < -0.3 is 0 Å². The third kappa shape index (κ3) is 3.74. The predicted octanol–water partition coefficient (Wildman–Crippen LogP) is 3.67. The molecule has 0 fully saturated rings. The maximum atomic E-state index is 12.3. The van der Waals surface area contributed by atoms with Crippen molar-refractivity contribution in [3.8, 4) is 0 Å². The molecule has 2 rings (SSSR count). The lowest BCUT2D eigenvalue weighted by Gasteiger charge is -2.09. The van der Waals surface area contributed by atoms with Gasteiger partial charge in [-0.15, -0.1) is 0 Å². The molecule has 0 bridgehead atoms. The van der Waals surface area contributed by atoms with Gasteiger partial charge in [0.1, 0.15) is 0 Å². The number of aromatic nitrogens is 1. The van der Waals surface area contributed by atoms with Gasteiger partial charge in [-0.3, -0.25) is 0 Å². The molecule has 21 heavy (non-hydrogen) atoms. The van der Waals surface area contributed by atoms with Crippen LogP contribution in [0.2, 0.25) is 5.02 Å². The largest absolute Gasteiger partial charge is 0.393 e. The van der Waals surface area contributed by atoms with E-state index in [-0.39, 0.29) is 15.5 Å². The minimum absolute atomic E-state index is 0.0250. The number of rotatable bonds is 3. The first kappa shape index (κ1) is 15.8. The van der Waals surface area contributed by atoms with Crippen LogP contribution in [0.1, 0.15) is 5.56 Å². The van der Waals surface area contributed by atoms with E-state index < -0.39 is 27.5 Å². The third-order valence-corrected chi connectivity index (χ3v) is 4.70. The van der Waals surface area contributed by atoms with Crippen LogP contribution in [0.3, 0.4) is 0 Å². The molecule has 0 aliphatic heterocycles. The molecule has 2 aromatic rings. The van der Waals surface area contributed by atoms with Gasteiger partial charge in [-0.05, 0) is 23.8 Å². The monoisotopic (exact) mass is 335 g/mol. The van der Waals surface area contributed by atoms with Gasteiger partial charge in [0.15, 0.2) is 5.03 Å². The Morgan fingerprint density at radius 3 is 2.29 bits per heavy atom. The zero-order valence-corrected chi connectivity index (χ0v) is 12.0. The molecule has 0 amide bonds. The summed E-state index contributed by atoms with van der Waals surface area (Å²) >= 11 is 5.78. The molecule has 1 aromatic carbocycles. The second-order valence-corrected chi connectivity index (χ2v) is 6.51. The van der Waals surface area contributed by atoms with E-state index in [0.29, 0.717) is 0 Å². The molecule has 0 atom stereocenters. The van der Waals surface area contributed by atoms with Crippen LogP contribution < -0.4 is 0 Å². The van der Waals surface area contributed by atoms with Gasteiger partial charge in [0.05, 0.1) is 16.3 Å². The molecule has 0 aliphatic carbocycles. The molecule has 0 radical (unpaired) electrons. The fourth-order valence-electron chi connectivity index (χ4n) is 1.70. The Morgan fingerprint density at radius 2 is 1.76 bits per heavy atom. The molecule has 1 heterocycles. The van der Waals surface area contributed by atoms with Gasteiger partial charge in [-0.1, -0.05) is 29.8 Å². The molecule has 1 aromatic heterocycles. The summed E-state index contributed by atoms with van der Waals surface area (Å²) in [7, 11) is -3.95. The second kappa shape index (κ2) is 5.65. The summed E-state index contributed by atoms with van der Waals surface area (Å²) in [6.07, 6.45) is -4.76. The maximum Gasteiger partial charge on any atom is 0.393 e. The Morgan fingerprint density at radius 1 is 1.14 bits per heavy atom. The zero-order chi connectivity index (χ0) is 15.7. The van der Waals surface area contributed by atoms with E-state index in [4.69, 9.17) is 11.6 Å². The first-order valence-corrected chi connectivity index (χ1v) is 7.57. The summed E-state index contributed by atoms with van der Waals surface area (Å²) in [5, 5.41) is -0.790. The summed E-state index contributed by atoms with van der Waals surface area (Å²) in [5.74, 6) is 0. The Balaban J connectivity index is 2.42. The standard InChI is InChI=1S/C13H9ClF3NO2S/c14-11-6-9(7-13(15,16)17)8-18-12(11)21(19,20)10-4-2-1-3-5-10/h1-6,8H,7H2. The first-order chi connectivity index (χ1) is 9.70. The highest BCUT2D eigenvalue weighted by atomic mass is 35.5. The normalized spacial score (nSPS) is 12.4. The molecule has 0 unspecified atom stereocenters. The summed E-state index contributed by atoms with van der Waals surface area (Å²) in [6, 6.07) is 8.38. The van der Waals surface area contributed by atoms with E-state index in [2.05, 4.69) is 4.98 Å². The number of alkyl halides is 3. The van der Waals surface area contributed by atoms with Crippen molar-refractivity contribution >= 4 is 21.4 Å². The topological polar surface area (TPSA) is 47.0 Å². The van der Waals surface area contributed by atoms with Gasteiger partial charge in [0.25, 0.3) is 0 Å². The lowest BCUT2D eigenvalue weighted by Crippen LogP contribution is -2.13. The van der Waals surface area contributed by atoms with Crippen LogP contribution in [0.15, 0.2) is 52.5 Å². The molecule has 8 heteroatoms. The predicted molar refractivity (Wildman–Crippen MR) is 70.9 cm³/mol. The molecule has 3 nitrogen and oxygen atoms in total. The summed E-state index contributed by atoms with van der Waals surface area (Å²) in [4.78, 5) is 3.57. The van der Waals surface area contributed by atoms with Crippen LogP contribution >= 0.6 is 11.6 Å². The number of nitrogens with zero attached hydrogens (tertiary/aromatic N) is 1. The van der Waals surface area contributed by atoms with Crippen molar-refractivity contribution in [2.75, 3.05) is 0 Å². The Labute approximate surface area is 124 Å². The van der Waals surface area contributed by atoms with E-state index in [1.54, 1.807) is 6.07 Å². The third-order valence-electron chi connectivity index (χ3n) is 2.58. The first-order valence-electron chi connectivity index (χ1n) is 5.71. The van der Waals surface area contributed by atoms with Crippen molar-refractivity contribution in [1.29, 1.82) is 0 Å². The van der Waals surface area contributed by atoms with E-state index in [1.807, 2.05) is 0 Å². The summed E-state index contributed by atoms with van der Waals surface area (Å²) < 4.78 is 61.4. The minimum atomic E-state index is -4.41. The Kier molecular flexibility index (Phi) is 4.25. The maximum absolute atomic E-state index is 12.3. The van der Waals surface area contributed by atoms with Gasteiger partial charge in [-0.2, -0.15) is 13.2 Å². The molecule has 0 spiro atoms. The Hall–Kier alpha value is -1.60. The van der Waals surface area contributed by atoms with Gasteiger partial charge in [0, 0.05) is 6.20 Å². The highest BCUT2D eigenvalue weighted by Gasteiger charge is 2.29. The number of halogens is 4. The van der Waals surface area contributed by atoms with Crippen LogP contribution in [-0.4, -0.2) is 19.6 Å². The lowest BCUT2D eigenvalue weighted by molar-refractivity contribution is -0.127. The number of hydrogen-bond acceptors (Lipinski definition) is 3.